The van der Waals surface area contributed by atoms with Gasteiger partial charge in [0.05, 0.1) is 0 Å². The van der Waals surface area contributed by atoms with E-state index in [0.717, 1.165) is 12.0 Å². The highest BCUT2D eigenvalue weighted by Crippen LogP contribution is 2.32. The van der Waals surface area contributed by atoms with Crippen molar-refractivity contribution >= 4 is 20.4 Å². The third-order valence-corrected chi connectivity index (χ3v) is 6.56. The highest BCUT2D eigenvalue weighted by molar-refractivity contribution is 6.70. The Morgan fingerprint density at radius 2 is 1.53 bits per heavy atom. The summed E-state index contributed by atoms with van der Waals surface area (Å²) in [6, 6.07) is 8.11. The fourth-order valence-electron chi connectivity index (χ4n) is 1.69. The third kappa shape index (κ3) is 3.08. The number of rotatable bonds is 6. The lowest BCUT2D eigenvalue weighted by Gasteiger charge is -2.28. The van der Waals surface area contributed by atoms with E-state index in [9.17, 15) is 0 Å². The van der Waals surface area contributed by atoms with Crippen LogP contribution in [0.25, 0.3) is 0 Å². The predicted molar refractivity (Wildman–Crippen MR) is 71.2 cm³/mol. The van der Waals surface area contributed by atoms with Gasteiger partial charge >= 0.3 is 8.80 Å². The smallest absolute Gasteiger partial charge is 0.376 e. The van der Waals surface area contributed by atoms with Crippen molar-refractivity contribution in [2.45, 2.75) is 18.3 Å². The van der Waals surface area contributed by atoms with E-state index in [1.54, 1.807) is 21.3 Å². The lowest BCUT2D eigenvalue weighted by Crippen LogP contribution is -2.47. The molecule has 1 rings (SSSR count). The highest BCUT2D eigenvalue weighted by Gasteiger charge is 2.47. The molecule has 5 heteroatoms. The summed E-state index contributed by atoms with van der Waals surface area (Å²) in [7, 11) is 1.87. The Bertz CT molecular complexity index is 330. The zero-order valence-electron chi connectivity index (χ0n) is 10.7. The summed E-state index contributed by atoms with van der Waals surface area (Å²) < 4.78 is 16.1. The van der Waals surface area contributed by atoms with Gasteiger partial charge < -0.3 is 13.3 Å². The van der Waals surface area contributed by atoms with E-state index < -0.39 is 13.8 Å². The molecule has 0 aromatic heterocycles. The van der Waals surface area contributed by atoms with Gasteiger partial charge in [0.1, 0.15) is 5.00 Å². The fourth-order valence-corrected chi connectivity index (χ4v) is 4.36. The molecule has 1 aromatic rings. The minimum atomic E-state index is -2.82. The minimum absolute atomic E-state index is 0.395. The van der Waals surface area contributed by atoms with Crippen molar-refractivity contribution in [1.82, 2.24) is 0 Å². The normalized spacial score (nSPS) is 13.7. The van der Waals surface area contributed by atoms with Gasteiger partial charge in [-0.1, -0.05) is 31.2 Å². The average Bonchev–Trinajstić information content (AvgIpc) is 2.41. The van der Waals surface area contributed by atoms with Crippen molar-refractivity contribution in [2.75, 3.05) is 21.3 Å². The SMILES string of the molecule is CCc1ccc(C(Cl)[Si](OC)(OC)OC)cc1. The first kappa shape index (κ1) is 14.7. The Labute approximate surface area is 109 Å². The zero-order valence-corrected chi connectivity index (χ0v) is 12.5. The molecule has 1 atom stereocenters. The van der Waals surface area contributed by atoms with Crippen LogP contribution in [0.15, 0.2) is 24.3 Å². The van der Waals surface area contributed by atoms with Gasteiger partial charge in [0.2, 0.25) is 0 Å². The number of hydrogen-bond acceptors (Lipinski definition) is 3. The van der Waals surface area contributed by atoms with E-state index in [1.165, 1.54) is 5.56 Å². The number of benzene rings is 1. The molecule has 0 bridgehead atoms. The van der Waals surface area contributed by atoms with E-state index in [0.29, 0.717) is 0 Å². The van der Waals surface area contributed by atoms with Crippen LogP contribution < -0.4 is 0 Å². The van der Waals surface area contributed by atoms with E-state index in [4.69, 9.17) is 24.9 Å². The molecule has 1 aromatic carbocycles. The number of aryl methyl sites for hydroxylation is 1. The molecular formula is C12H19ClO3Si. The van der Waals surface area contributed by atoms with Crippen LogP contribution in [0.5, 0.6) is 0 Å². The molecule has 0 saturated heterocycles. The van der Waals surface area contributed by atoms with Gasteiger partial charge in [-0.05, 0) is 17.5 Å². The maximum absolute atomic E-state index is 6.41. The zero-order chi connectivity index (χ0) is 12.9. The van der Waals surface area contributed by atoms with Gasteiger partial charge in [-0.2, -0.15) is 0 Å². The molecule has 0 aliphatic rings. The number of alkyl halides is 1. The van der Waals surface area contributed by atoms with Crippen LogP contribution >= 0.6 is 11.6 Å². The highest BCUT2D eigenvalue weighted by atomic mass is 35.5. The Morgan fingerprint density at radius 3 is 1.88 bits per heavy atom. The first-order valence-corrected chi connectivity index (χ1v) is 7.75. The lowest BCUT2D eigenvalue weighted by molar-refractivity contribution is 0.121. The second kappa shape index (κ2) is 6.52. The number of hydrogen-bond donors (Lipinski definition) is 0. The lowest BCUT2D eigenvalue weighted by atomic mass is 10.1. The van der Waals surface area contributed by atoms with Crippen molar-refractivity contribution in [3.63, 3.8) is 0 Å². The maximum Gasteiger partial charge on any atom is 0.523 e. The molecule has 0 N–H and O–H groups in total. The fraction of sp³-hybridized carbons (Fsp3) is 0.500. The summed E-state index contributed by atoms with van der Waals surface area (Å²) in [4.78, 5) is 0. The van der Waals surface area contributed by atoms with Gasteiger partial charge in [-0.15, -0.1) is 11.6 Å². The number of halogens is 1. The van der Waals surface area contributed by atoms with Crippen LogP contribution in [-0.4, -0.2) is 30.1 Å². The molecule has 0 amide bonds. The van der Waals surface area contributed by atoms with Gasteiger partial charge in [-0.25, -0.2) is 0 Å². The molecule has 0 aliphatic heterocycles. The molecule has 0 saturated carbocycles. The molecular weight excluding hydrogens is 256 g/mol. The summed E-state index contributed by atoms with van der Waals surface area (Å²) in [5, 5.41) is -0.395. The van der Waals surface area contributed by atoms with E-state index in [1.807, 2.05) is 12.1 Å². The molecule has 0 heterocycles. The van der Waals surface area contributed by atoms with Crippen LogP contribution in [0.2, 0.25) is 0 Å². The van der Waals surface area contributed by atoms with E-state index >= 15 is 0 Å². The summed E-state index contributed by atoms with van der Waals surface area (Å²) in [5.41, 5.74) is 2.23. The second-order valence-electron chi connectivity index (χ2n) is 3.67. The molecule has 0 spiro atoms. The van der Waals surface area contributed by atoms with Crippen LogP contribution in [0.3, 0.4) is 0 Å². The first-order valence-electron chi connectivity index (χ1n) is 5.51. The standard InChI is InChI=1S/C12H19ClO3Si/c1-5-10-6-8-11(9-7-10)12(13)17(14-2,15-3)16-4/h6-9,12H,5H2,1-4H3. The Balaban J connectivity index is 2.96. The summed E-state index contributed by atoms with van der Waals surface area (Å²) in [6.45, 7) is 2.12. The van der Waals surface area contributed by atoms with Crippen molar-refractivity contribution < 1.29 is 13.3 Å². The van der Waals surface area contributed by atoms with E-state index in [2.05, 4.69) is 19.1 Å². The topological polar surface area (TPSA) is 27.7 Å². The Kier molecular flexibility index (Phi) is 5.62. The first-order chi connectivity index (χ1) is 8.13. The van der Waals surface area contributed by atoms with Gasteiger partial charge in [0.15, 0.2) is 0 Å². The molecule has 0 radical (unpaired) electrons. The minimum Gasteiger partial charge on any atom is -0.376 e. The average molecular weight is 275 g/mol. The van der Waals surface area contributed by atoms with Gasteiger partial charge in [0.25, 0.3) is 0 Å². The molecule has 3 nitrogen and oxygen atoms in total. The molecule has 0 aliphatic carbocycles. The molecule has 17 heavy (non-hydrogen) atoms. The van der Waals surface area contributed by atoms with Gasteiger partial charge in [0, 0.05) is 21.3 Å². The predicted octanol–water partition coefficient (Wildman–Crippen LogP) is 2.95. The second-order valence-corrected chi connectivity index (χ2v) is 7.49. The molecule has 1 unspecified atom stereocenters. The van der Waals surface area contributed by atoms with Crippen molar-refractivity contribution in [1.29, 1.82) is 0 Å². The largest absolute Gasteiger partial charge is 0.523 e. The maximum atomic E-state index is 6.41. The summed E-state index contributed by atoms with van der Waals surface area (Å²) >= 11 is 6.41. The van der Waals surface area contributed by atoms with Crippen molar-refractivity contribution in [2.24, 2.45) is 0 Å². The Hall–Kier alpha value is -0.393. The quantitative estimate of drug-likeness (QED) is 0.590. The molecule has 96 valence electrons. The third-order valence-electron chi connectivity index (χ3n) is 2.84. The van der Waals surface area contributed by atoms with Crippen LogP contribution in [0.1, 0.15) is 23.1 Å². The van der Waals surface area contributed by atoms with Crippen molar-refractivity contribution in [3.05, 3.63) is 35.4 Å². The van der Waals surface area contributed by atoms with Crippen LogP contribution in [0, 0.1) is 0 Å². The van der Waals surface area contributed by atoms with E-state index in [-0.39, 0.29) is 0 Å². The summed E-state index contributed by atoms with van der Waals surface area (Å²) in [5.74, 6) is 0. The Morgan fingerprint density at radius 1 is 1.06 bits per heavy atom. The van der Waals surface area contributed by atoms with Crippen LogP contribution in [-0.2, 0) is 19.7 Å². The van der Waals surface area contributed by atoms with Gasteiger partial charge in [-0.3, -0.25) is 0 Å². The van der Waals surface area contributed by atoms with Crippen LogP contribution in [0.4, 0.5) is 0 Å². The summed E-state index contributed by atoms with van der Waals surface area (Å²) in [6.07, 6.45) is 1.01. The van der Waals surface area contributed by atoms with Crippen molar-refractivity contribution in [3.8, 4) is 0 Å². The monoisotopic (exact) mass is 274 g/mol. The molecule has 0 fully saturated rings.